The first-order valence-corrected chi connectivity index (χ1v) is 7.31. The molecule has 1 atom stereocenters. The van der Waals surface area contributed by atoms with Crippen molar-refractivity contribution in [3.63, 3.8) is 0 Å². The Bertz CT molecular complexity index is 505. The van der Waals surface area contributed by atoms with Crippen LogP contribution < -0.4 is 4.74 Å². The van der Waals surface area contributed by atoms with Gasteiger partial charge >= 0.3 is 5.97 Å². The van der Waals surface area contributed by atoms with Crippen molar-refractivity contribution in [3.05, 3.63) is 29.3 Å². The summed E-state index contributed by atoms with van der Waals surface area (Å²) in [6.07, 6.45) is 0. The lowest BCUT2D eigenvalue weighted by atomic mass is 10.1. The third kappa shape index (κ3) is 4.43. The quantitative estimate of drug-likeness (QED) is 0.856. The lowest BCUT2D eigenvalue weighted by Crippen LogP contribution is -2.33. The Balaban J connectivity index is 2.08. The second kappa shape index (κ2) is 8.12. The molecule has 122 valence electrons. The van der Waals surface area contributed by atoms with Gasteiger partial charge < -0.3 is 19.3 Å². The molecule has 0 spiro atoms. The number of carboxylic acid groups (broad SMARTS) is 1. The molecule has 0 radical (unpaired) electrons. The van der Waals surface area contributed by atoms with Gasteiger partial charge in [-0.2, -0.15) is 0 Å². The molecule has 1 heterocycles. The first kappa shape index (κ1) is 16.7. The van der Waals surface area contributed by atoms with Crippen molar-refractivity contribution in [2.45, 2.75) is 13.2 Å². The fraction of sp³-hybridized carbons (Fsp3) is 0.562. The van der Waals surface area contributed by atoms with Crippen molar-refractivity contribution in [2.24, 2.45) is 5.92 Å². The molecular weight excluding hydrogens is 286 g/mol. The number of hydrogen-bond acceptors (Lipinski definition) is 5. The summed E-state index contributed by atoms with van der Waals surface area (Å²) in [7, 11) is 3.29. The highest BCUT2D eigenvalue weighted by Crippen LogP contribution is 2.22. The molecule has 1 aromatic carbocycles. The van der Waals surface area contributed by atoms with E-state index in [1.165, 1.54) is 0 Å². The summed E-state index contributed by atoms with van der Waals surface area (Å²) >= 11 is 0. The Morgan fingerprint density at radius 2 is 2.27 bits per heavy atom. The third-order valence-electron chi connectivity index (χ3n) is 3.75. The summed E-state index contributed by atoms with van der Waals surface area (Å²) in [5, 5.41) is 9.19. The number of hydrogen-bond donors (Lipinski definition) is 1. The smallest absolute Gasteiger partial charge is 0.310 e. The minimum atomic E-state index is -0.804. The molecule has 0 amide bonds. The molecule has 1 aliphatic rings. The van der Waals surface area contributed by atoms with Gasteiger partial charge in [-0.3, -0.25) is 9.69 Å². The summed E-state index contributed by atoms with van der Waals surface area (Å²) in [6, 6.07) is 5.97. The van der Waals surface area contributed by atoms with E-state index in [9.17, 15) is 9.90 Å². The molecule has 1 unspecified atom stereocenters. The second-order valence-electron chi connectivity index (χ2n) is 5.42. The number of methoxy groups -OCH3 is 2. The molecule has 1 fully saturated rings. The average Bonchev–Trinajstić information content (AvgIpc) is 2.74. The van der Waals surface area contributed by atoms with Gasteiger partial charge in [-0.25, -0.2) is 0 Å². The number of ether oxygens (including phenoxy) is 3. The highest BCUT2D eigenvalue weighted by atomic mass is 16.5. The number of rotatable bonds is 6. The fourth-order valence-corrected chi connectivity index (χ4v) is 2.62. The van der Waals surface area contributed by atoms with Gasteiger partial charge in [-0.1, -0.05) is 6.07 Å². The zero-order valence-electron chi connectivity index (χ0n) is 13.1. The molecule has 6 nitrogen and oxygen atoms in total. The van der Waals surface area contributed by atoms with Crippen LogP contribution in [0.4, 0.5) is 0 Å². The Kier molecular flexibility index (Phi) is 6.18. The maximum absolute atomic E-state index is 11.2. The van der Waals surface area contributed by atoms with Crippen LogP contribution >= 0.6 is 0 Å². The van der Waals surface area contributed by atoms with E-state index in [0.29, 0.717) is 26.3 Å². The summed E-state index contributed by atoms with van der Waals surface area (Å²) in [5.74, 6) is -0.478. The summed E-state index contributed by atoms with van der Waals surface area (Å²) < 4.78 is 15.9. The van der Waals surface area contributed by atoms with Crippen molar-refractivity contribution in [1.82, 2.24) is 4.90 Å². The van der Waals surface area contributed by atoms with E-state index < -0.39 is 11.9 Å². The highest BCUT2D eigenvalue weighted by molar-refractivity contribution is 5.70. The van der Waals surface area contributed by atoms with Crippen molar-refractivity contribution in [2.75, 3.05) is 40.5 Å². The van der Waals surface area contributed by atoms with Gasteiger partial charge in [0.2, 0.25) is 0 Å². The number of nitrogens with zero attached hydrogens (tertiary/aromatic N) is 1. The van der Waals surface area contributed by atoms with Crippen LogP contribution in [0, 0.1) is 5.92 Å². The normalized spacial score (nSPS) is 19.6. The van der Waals surface area contributed by atoms with Crippen LogP contribution in [0.25, 0.3) is 0 Å². The molecule has 0 aliphatic carbocycles. The monoisotopic (exact) mass is 309 g/mol. The van der Waals surface area contributed by atoms with E-state index in [2.05, 4.69) is 4.90 Å². The van der Waals surface area contributed by atoms with E-state index in [0.717, 1.165) is 23.4 Å². The lowest BCUT2D eigenvalue weighted by Gasteiger charge is -2.22. The lowest BCUT2D eigenvalue weighted by molar-refractivity contribution is -0.143. The van der Waals surface area contributed by atoms with Crippen LogP contribution in [0.5, 0.6) is 5.75 Å². The SMILES string of the molecule is COCc1cc(CN2CCOCC(C(=O)O)C2)ccc1OC. The van der Waals surface area contributed by atoms with Gasteiger partial charge in [-0.15, -0.1) is 0 Å². The number of aliphatic carboxylic acids is 1. The van der Waals surface area contributed by atoms with Crippen molar-refractivity contribution in [3.8, 4) is 5.75 Å². The van der Waals surface area contributed by atoms with Crippen molar-refractivity contribution >= 4 is 5.97 Å². The second-order valence-corrected chi connectivity index (χ2v) is 5.42. The topological polar surface area (TPSA) is 68.2 Å². The molecule has 1 saturated heterocycles. The maximum atomic E-state index is 11.2. The Labute approximate surface area is 130 Å². The van der Waals surface area contributed by atoms with Gasteiger partial charge in [0.25, 0.3) is 0 Å². The molecule has 0 saturated carbocycles. The first-order chi connectivity index (χ1) is 10.6. The van der Waals surface area contributed by atoms with Gasteiger partial charge in [0.1, 0.15) is 5.75 Å². The molecule has 1 aliphatic heterocycles. The highest BCUT2D eigenvalue weighted by Gasteiger charge is 2.24. The first-order valence-electron chi connectivity index (χ1n) is 7.31. The predicted octanol–water partition coefficient (Wildman–Crippen LogP) is 1.37. The van der Waals surface area contributed by atoms with Gasteiger partial charge in [0.05, 0.1) is 32.8 Å². The molecule has 0 bridgehead atoms. The standard InChI is InChI=1S/C16H23NO5/c1-20-10-13-7-12(3-4-15(13)21-2)8-17-5-6-22-11-14(9-17)16(18)19/h3-4,7,14H,5-6,8-11H2,1-2H3,(H,18,19). The Morgan fingerprint density at radius 1 is 1.45 bits per heavy atom. The summed E-state index contributed by atoms with van der Waals surface area (Å²) in [6.45, 7) is 3.25. The van der Waals surface area contributed by atoms with Gasteiger partial charge in [0.15, 0.2) is 0 Å². The van der Waals surface area contributed by atoms with Crippen LogP contribution in [0.3, 0.4) is 0 Å². The van der Waals surface area contributed by atoms with Gasteiger partial charge in [0, 0.05) is 32.3 Å². The fourth-order valence-electron chi connectivity index (χ4n) is 2.62. The van der Waals surface area contributed by atoms with E-state index >= 15 is 0 Å². The predicted molar refractivity (Wildman–Crippen MR) is 80.9 cm³/mol. The molecule has 1 aromatic rings. The van der Waals surface area contributed by atoms with Crippen molar-refractivity contribution in [1.29, 1.82) is 0 Å². The molecule has 22 heavy (non-hydrogen) atoms. The third-order valence-corrected chi connectivity index (χ3v) is 3.75. The minimum Gasteiger partial charge on any atom is -0.496 e. The average molecular weight is 309 g/mol. The number of benzene rings is 1. The van der Waals surface area contributed by atoms with E-state index in [1.54, 1.807) is 14.2 Å². The molecule has 0 aromatic heterocycles. The maximum Gasteiger partial charge on any atom is 0.310 e. The Hall–Kier alpha value is -1.63. The zero-order valence-corrected chi connectivity index (χ0v) is 13.1. The summed E-state index contributed by atoms with van der Waals surface area (Å²) in [5.41, 5.74) is 2.10. The number of carboxylic acids is 1. The van der Waals surface area contributed by atoms with Crippen LogP contribution in [-0.4, -0.2) is 56.5 Å². The van der Waals surface area contributed by atoms with Crippen molar-refractivity contribution < 1.29 is 24.1 Å². The van der Waals surface area contributed by atoms with Crippen LogP contribution in [0.15, 0.2) is 18.2 Å². The molecular formula is C16H23NO5. The largest absolute Gasteiger partial charge is 0.496 e. The van der Waals surface area contributed by atoms with Crippen LogP contribution in [0.1, 0.15) is 11.1 Å². The van der Waals surface area contributed by atoms with E-state index in [4.69, 9.17) is 14.2 Å². The Morgan fingerprint density at radius 3 is 2.95 bits per heavy atom. The van der Waals surface area contributed by atoms with Crippen LogP contribution in [0.2, 0.25) is 0 Å². The van der Waals surface area contributed by atoms with Crippen LogP contribution in [-0.2, 0) is 27.4 Å². The van der Waals surface area contributed by atoms with E-state index in [-0.39, 0.29) is 6.61 Å². The van der Waals surface area contributed by atoms with E-state index in [1.807, 2.05) is 18.2 Å². The van der Waals surface area contributed by atoms with Gasteiger partial charge in [-0.05, 0) is 17.7 Å². The molecule has 2 rings (SSSR count). The minimum absolute atomic E-state index is 0.281. The zero-order chi connectivity index (χ0) is 15.9. The summed E-state index contributed by atoms with van der Waals surface area (Å²) in [4.78, 5) is 13.3. The molecule has 6 heteroatoms. The molecule has 1 N–H and O–H groups in total. The number of carbonyl (C=O) groups is 1.